The third kappa shape index (κ3) is 2.81. The fourth-order valence-electron chi connectivity index (χ4n) is 2.47. The van der Waals surface area contributed by atoms with Crippen LogP contribution in [-0.4, -0.2) is 31.8 Å². The van der Waals surface area contributed by atoms with E-state index in [0.717, 1.165) is 25.0 Å². The number of hydrogen-bond acceptors (Lipinski definition) is 3. The van der Waals surface area contributed by atoms with Gasteiger partial charge in [0.25, 0.3) is 15.0 Å². The van der Waals surface area contributed by atoms with E-state index in [1.165, 1.54) is 6.92 Å². The van der Waals surface area contributed by atoms with Gasteiger partial charge in [0, 0.05) is 23.3 Å². The van der Waals surface area contributed by atoms with Crippen molar-refractivity contribution in [1.82, 2.24) is 4.90 Å². The first-order chi connectivity index (χ1) is 9.21. The lowest BCUT2D eigenvalue weighted by Crippen LogP contribution is -2.34. The first-order valence-corrected chi connectivity index (χ1v) is 8.58. The SMILES string of the molecule is Cc1cc(F)c(C(=O)N2CCCC2C)cc1S(=O)(=O)Cl. The van der Waals surface area contributed by atoms with Crippen LogP contribution in [0.25, 0.3) is 0 Å². The van der Waals surface area contributed by atoms with Crippen LogP contribution in [0.15, 0.2) is 17.0 Å². The summed E-state index contributed by atoms with van der Waals surface area (Å²) >= 11 is 0. The van der Waals surface area contributed by atoms with Crippen molar-refractivity contribution in [2.24, 2.45) is 0 Å². The van der Waals surface area contributed by atoms with Crippen LogP contribution in [0.2, 0.25) is 0 Å². The average molecular weight is 320 g/mol. The Balaban J connectivity index is 2.49. The summed E-state index contributed by atoms with van der Waals surface area (Å²) in [6.45, 7) is 3.87. The molecule has 4 nitrogen and oxygen atoms in total. The lowest BCUT2D eigenvalue weighted by Gasteiger charge is -2.22. The first kappa shape index (κ1) is 15.3. The molecule has 1 saturated heterocycles. The average Bonchev–Trinajstić information content (AvgIpc) is 2.73. The second-order valence-electron chi connectivity index (χ2n) is 5.03. The van der Waals surface area contributed by atoms with E-state index in [2.05, 4.69) is 0 Å². The van der Waals surface area contributed by atoms with Crippen molar-refractivity contribution in [2.45, 2.75) is 37.6 Å². The summed E-state index contributed by atoms with van der Waals surface area (Å²) in [5, 5.41) is 0. The molecule has 1 aromatic rings. The van der Waals surface area contributed by atoms with E-state index in [9.17, 15) is 17.6 Å². The summed E-state index contributed by atoms with van der Waals surface area (Å²) in [6, 6.07) is 2.09. The highest BCUT2D eigenvalue weighted by atomic mass is 35.7. The molecule has 0 aromatic heterocycles. The Morgan fingerprint density at radius 2 is 2.10 bits per heavy atom. The maximum absolute atomic E-state index is 14.0. The summed E-state index contributed by atoms with van der Waals surface area (Å²) < 4.78 is 36.9. The molecule has 1 aliphatic rings. The second kappa shape index (κ2) is 5.33. The Morgan fingerprint density at radius 3 is 2.60 bits per heavy atom. The number of likely N-dealkylation sites (tertiary alicyclic amines) is 1. The van der Waals surface area contributed by atoms with Gasteiger partial charge in [-0.25, -0.2) is 12.8 Å². The Kier molecular flexibility index (Phi) is 4.07. The number of nitrogens with zero attached hydrogens (tertiary/aromatic N) is 1. The Hall–Kier alpha value is -1.14. The molecular weight excluding hydrogens is 305 g/mol. The van der Waals surface area contributed by atoms with Gasteiger partial charge >= 0.3 is 0 Å². The van der Waals surface area contributed by atoms with E-state index in [0.29, 0.717) is 6.54 Å². The summed E-state index contributed by atoms with van der Waals surface area (Å²) in [4.78, 5) is 13.6. The molecule has 1 aliphatic heterocycles. The van der Waals surface area contributed by atoms with Gasteiger partial charge < -0.3 is 4.90 Å². The van der Waals surface area contributed by atoms with Crippen LogP contribution < -0.4 is 0 Å². The van der Waals surface area contributed by atoms with Gasteiger partial charge in [0.1, 0.15) is 5.82 Å². The zero-order valence-corrected chi connectivity index (χ0v) is 12.8. The van der Waals surface area contributed by atoms with Gasteiger partial charge in [-0.3, -0.25) is 4.79 Å². The van der Waals surface area contributed by atoms with Gasteiger partial charge in [-0.05, 0) is 44.4 Å². The van der Waals surface area contributed by atoms with E-state index >= 15 is 0 Å². The molecule has 1 unspecified atom stereocenters. The predicted molar refractivity (Wildman–Crippen MR) is 73.9 cm³/mol. The number of benzene rings is 1. The maximum Gasteiger partial charge on any atom is 0.261 e. The van der Waals surface area contributed by atoms with Crippen LogP contribution in [-0.2, 0) is 9.05 Å². The second-order valence-corrected chi connectivity index (χ2v) is 7.56. The molecule has 2 rings (SSSR count). The van der Waals surface area contributed by atoms with Crippen LogP contribution >= 0.6 is 10.7 Å². The predicted octanol–water partition coefficient (Wildman–Crippen LogP) is 2.69. The van der Waals surface area contributed by atoms with Crippen molar-refractivity contribution in [1.29, 1.82) is 0 Å². The Labute approximate surface area is 121 Å². The van der Waals surface area contributed by atoms with Crippen molar-refractivity contribution < 1.29 is 17.6 Å². The lowest BCUT2D eigenvalue weighted by atomic mass is 10.1. The number of hydrogen-bond donors (Lipinski definition) is 0. The minimum atomic E-state index is -4.01. The third-order valence-corrected chi connectivity index (χ3v) is 5.04. The molecule has 1 fully saturated rings. The van der Waals surface area contributed by atoms with Gasteiger partial charge in [-0.15, -0.1) is 0 Å². The van der Waals surface area contributed by atoms with Crippen LogP contribution in [0.1, 0.15) is 35.7 Å². The number of amides is 1. The molecule has 0 radical (unpaired) electrons. The zero-order chi connectivity index (χ0) is 15.1. The van der Waals surface area contributed by atoms with Crippen molar-refractivity contribution in [3.05, 3.63) is 29.1 Å². The Morgan fingerprint density at radius 1 is 1.45 bits per heavy atom. The maximum atomic E-state index is 14.0. The molecule has 1 atom stereocenters. The van der Waals surface area contributed by atoms with Crippen molar-refractivity contribution in [3.63, 3.8) is 0 Å². The molecule has 0 bridgehead atoms. The molecule has 0 aliphatic carbocycles. The molecular formula is C13H15ClFNO3S. The lowest BCUT2D eigenvalue weighted by molar-refractivity contribution is 0.0742. The molecule has 20 heavy (non-hydrogen) atoms. The van der Waals surface area contributed by atoms with Crippen molar-refractivity contribution in [3.8, 4) is 0 Å². The van der Waals surface area contributed by atoms with Gasteiger partial charge in [-0.2, -0.15) is 0 Å². The van der Waals surface area contributed by atoms with E-state index in [-0.39, 0.29) is 22.1 Å². The van der Waals surface area contributed by atoms with E-state index in [4.69, 9.17) is 10.7 Å². The highest BCUT2D eigenvalue weighted by Gasteiger charge is 2.29. The monoisotopic (exact) mass is 319 g/mol. The van der Waals surface area contributed by atoms with E-state index < -0.39 is 20.8 Å². The van der Waals surface area contributed by atoms with Crippen molar-refractivity contribution >= 4 is 25.6 Å². The molecule has 1 heterocycles. The number of carbonyl (C=O) groups is 1. The highest BCUT2D eigenvalue weighted by Crippen LogP contribution is 2.26. The van der Waals surface area contributed by atoms with Gasteiger partial charge in [0.15, 0.2) is 0 Å². The van der Waals surface area contributed by atoms with Crippen LogP contribution in [0.3, 0.4) is 0 Å². The number of carbonyl (C=O) groups excluding carboxylic acids is 1. The highest BCUT2D eigenvalue weighted by molar-refractivity contribution is 8.13. The van der Waals surface area contributed by atoms with E-state index in [1.807, 2.05) is 6.92 Å². The molecule has 7 heteroatoms. The van der Waals surface area contributed by atoms with Gasteiger partial charge in [0.2, 0.25) is 0 Å². The minimum Gasteiger partial charge on any atom is -0.336 e. The molecule has 1 aromatic carbocycles. The Bertz CT molecular complexity index is 660. The number of aryl methyl sites for hydroxylation is 1. The smallest absolute Gasteiger partial charge is 0.261 e. The fraction of sp³-hybridized carbons (Fsp3) is 0.462. The zero-order valence-electron chi connectivity index (χ0n) is 11.2. The van der Waals surface area contributed by atoms with Gasteiger partial charge in [-0.1, -0.05) is 0 Å². The molecule has 0 N–H and O–H groups in total. The number of rotatable bonds is 2. The summed E-state index contributed by atoms with van der Waals surface area (Å²) in [5.41, 5.74) is -0.0629. The van der Waals surface area contributed by atoms with Crippen LogP contribution in [0.5, 0.6) is 0 Å². The normalized spacial score (nSPS) is 19.4. The summed E-state index contributed by atoms with van der Waals surface area (Å²) in [6.07, 6.45) is 1.72. The van der Waals surface area contributed by atoms with E-state index in [1.54, 1.807) is 4.90 Å². The third-order valence-electron chi connectivity index (χ3n) is 3.57. The molecule has 1 amide bonds. The van der Waals surface area contributed by atoms with Crippen LogP contribution in [0.4, 0.5) is 4.39 Å². The summed E-state index contributed by atoms with van der Waals surface area (Å²) in [7, 11) is 1.30. The summed E-state index contributed by atoms with van der Waals surface area (Å²) in [5.74, 6) is -1.22. The largest absolute Gasteiger partial charge is 0.336 e. The van der Waals surface area contributed by atoms with Gasteiger partial charge in [0.05, 0.1) is 10.5 Å². The topological polar surface area (TPSA) is 54.5 Å². The van der Waals surface area contributed by atoms with Crippen molar-refractivity contribution in [2.75, 3.05) is 6.54 Å². The standard InChI is InChI=1S/C13H15ClFNO3S/c1-8-6-11(15)10(7-12(8)20(14,18)19)13(17)16-5-3-4-9(16)2/h6-7,9H,3-5H2,1-2H3. The van der Waals surface area contributed by atoms with Crippen LogP contribution in [0, 0.1) is 12.7 Å². The first-order valence-electron chi connectivity index (χ1n) is 6.27. The molecule has 0 saturated carbocycles. The molecule has 0 spiro atoms. The minimum absolute atomic E-state index is 0.0271. The molecule has 110 valence electrons. The number of halogens is 2. The quantitative estimate of drug-likeness (QED) is 0.788. The fourth-order valence-corrected chi connectivity index (χ4v) is 3.67.